The molecule has 2 aliphatic heterocycles. The third kappa shape index (κ3) is 2.69. The van der Waals surface area contributed by atoms with E-state index in [9.17, 15) is 0 Å². The topological polar surface area (TPSA) is 44.5 Å². The van der Waals surface area contributed by atoms with Gasteiger partial charge in [0.05, 0.1) is 12.2 Å². The first kappa shape index (κ1) is 10.4. The summed E-state index contributed by atoms with van der Waals surface area (Å²) in [6, 6.07) is 0.224. The Morgan fingerprint density at radius 1 is 1.14 bits per heavy atom. The van der Waals surface area contributed by atoms with Crippen LogP contribution < -0.4 is 5.73 Å². The predicted molar refractivity (Wildman–Crippen MR) is 55.2 cm³/mol. The molecule has 2 aliphatic rings. The van der Waals surface area contributed by atoms with Crippen LogP contribution in [0.4, 0.5) is 0 Å². The standard InChI is InChI=1S/C11H21NO2/c12-10(11-4-2-8-14-11)6-5-9-3-1-7-13-9/h9-11H,1-8,12H2. The smallest absolute Gasteiger partial charge is 0.0726 e. The summed E-state index contributed by atoms with van der Waals surface area (Å²) in [5, 5.41) is 0. The SMILES string of the molecule is NC(CCC1CCCO1)C1CCCO1. The summed E-state index contributed by atoms with van der Waals surface area (Å²) in [7, 11) is 0. The van der Waals surface area contributed by atoms with Crippen molar-refractivity contribution in [3.8, 4) is 0 Å². The van der Waals surface area contributed by atoms with Crippen molar-refractivity contribution < 1.29 is 9.47 Å². The first-order valence-electron chi connectivity index (χ1n) is 5.85. The highest BCUT2D eigenvalue weighted by Gasteiger charge is 2.24. The van der Waals surface area contributed by atoms with E-state index < -0.39 is 0 Å². The Kier molecular flexibility index (Phi) is 3.79. The number of hydrogen-bond donors (Lipinski definition) is 1. The summed E-state index contributed by atoms with van der Waals surface area (Å²) < 4.78 is 11.1. The van der Waals surface area contributed by atoms with Gasteiger partial charge in [0.15, 0.2) is 0 Å². The molecule has 2 saturated heterocycles. The highest BCUT2D eigenvalue weighted by Crippen LogP contribution is 2.21. The van der Waals surface area contributed by atoms with E-state index in [1.807, 2.05) is 0 Å². The van der Waals surface area contributed by atoms with Crippen molar-refractivity contribution in [2.24, 2.45) is 5.73 Å². The molecule has 0 radical (unpaired) electrons. The van der Waals surface area contributed by atoms with Gasteiger partial charge in [-0.15, -0.1) is 0 Å². The molecular weight excluding hydrogens is 178 g/mol. The normalized spacial score (nSPS) is 34.9. The Labute approximate surface area is 85.9 Å². The average molecular weight is 199 g/mol. The van der Waals surface area contributed by atoms with Crippen LogP contribution in [0.15, 0.2) is 0 Å². The van der Waals surface area contributed by atoms with Gasteiger partial charge in [-0.25, -0.2) is 0 Å². The summed E-state index contributed by atoms with van der Waals surface area (Å²) >= 11 is 0. The monoisotopic (exact) mass is 199 g/mol. The number of nitrogens with two attached hydrogens (primary N) is 1. The third-order valence-electron chi connectivity index (χ3n) is 3.29. The molecule has 3 nitrogen and oxygen atoms in total. The maximum absolute atomic E-state index is 6.08. The van der Waals surface area contributed by atoms with Crippen LogP contribution in [0.5, 0.6) is 0 Å². The molecule has 2 fully saturated rings. The molecule has 2 N–H and O–H groups in total. The van der Waals surface area contributed by atoms with Gasteiger partial charge < -0.3 is 15.2 Å². The van der Waals surface area contributed by atoms with Crippen LogP contribution in [0.25, 0.3) is 0 Å². The molecule has 2 heterocycles. The zero-order valence-electron chi connectivity index (χ0n) is 8.78. The second-order valence-electron chi connectivity index (χ2n) is 4.43. The Bertz CT molecular complexity index is 163. The van der Waals surface area contributed by atoms with Gasteiger partial charge in [0, 0.05) is 19.3 Å². The molecule has 0 saturated carbocycles. The van der Waals surface area contributed by atoms with Crippen molar-refractivity contribution in [2.45, 2.75) is 56.8 Å². The third-order valence-corrected chi connectivity index (χ3v) is 3.29. The van der Waals surface area contributed by atoms with Crippen molar-refractivity contribution in [1.82, 2.24) is 0 Å². The van der Waals surface area contributed by atoms with Crippen molar-refractivity contribution in [2.75, 3.05) is 13.2 Å². The van der Waals surface area contributed by atoms with Gasteiger partial charge in [-0.2, -0.15) is 0 Å². The largest absolute Gasteiger partial charge is 0.378 e. The number of hydrogen-bond acceptors (Lipinski definition) is 3. The fourth-order valence-corrected chi connectivity index (χ4v) is 2.38. The molecule has 0 amide bonds. The lowest BCUT2D eigenvalue weighted by molar-refractivity contribution is 0.0705. The van der Waals surface area contributed by atoms with Crippen LogP contribution in [0.3, 0.4) is 0 Å². The minimum Gasteiger partial charge on any atom is -0.378 e. The van der Waals surface area contributed by atoms with Crippen molar-refractivity contribution in [3.05, 3.63) is 0 Å². The predicted octanol–water partition coefficient (Wildman–Crippen LogP) is 1.45. The minimum absolute atomic E-state index is 0.224. The van der Waals surface area contributed by atoms with Gasteiger partial charge in [0.1, 0.15) is 0 Å². The highest BCUT2D eigenvalue weighted by atomic mass is 16.5. The van der Waals surface area contributed by atoms with Crippen molar-refractivity contribution in [1.29, 1.82) is 0 Å². The first-order chi connectivity index (χ1) is 6.86. The van der Waals surface area contributed by atoms with Gasteiger partial charge >= 0.3 is 0 Å². The summed E-state index contributed by atoms with van der Waals surface area (Å²) in [5.74, 6) is 0. The van der Waals surface area contributed by atoms with Gasteiger partial charge in [-0.05, 0) is 38.5 Å². The summed E-state index contributed by atoms with van der Waals surface area (Å²) in [6.07, 6.45) is 7.72. The molecule has 0 aromatic heterocycles. The Morgan fingerprint density at radius 3 is 2.57 bits per heavy atom. The molecule has 0 aromatic carbocycles. The van der Waals surface area contributed by atoms with Crippen molar-refractivity contribution >= 4 is 0 Å². The van der Waals surface area contributed by atoms with Crippen LogP contribution in [0.1, 0.15) is 38.5 Å². The molecule has 0 aromatic rings. The van der Waals surface area contributed by atoms with Crippen LogP contribution in [0.2, 0.25) is 0 Å². The first-order valence-corrected chi connectivity index (χ1v) is 5.85. The molecule has 0 bridgehead atoms. The molecule has 0 spiro atoms. The van der Waals surface area contributed by atoms with Crippen LogP contribution in [-0.2, 0) is 9.47 Å². The van der Waals surface area contributed by atoms with E-state index in [4.69, 9.17) is 15.2 Å². The lowest BCUT2D eigenvalue weighted by Crippen LogP contribution is -2.34. The maximum Gasteiger partial charge on any atom is 0.0726 e. The second kappa shape index (κ2) is 5.10. The van der Waals surface area contributed by atoms with E-state index in [2.05, 4.69) is 0 Å². The van der Waals surface area contributed by atoms with Crippen LogP contribution in [-0.4, -0.2) is 31.5 Å². The van der Waals surface area contributed by atoms with E-state index in [0.717, 1.165) is 32.5 Å². The Morgan fingerprint density at radius 2 is 1.93 bits per heavy atom. The fourth-order valence-electron chi connectivity index (χ4n) is 2.38. The molecular formula is C11H21NO2. The molecule has 3 heteroatoms. The molecule has 2 rings (SSSR count). The second-order valence-corrected chi connectivity index (χ2v) is 4.43. The van der Waals surface area contributed by atoms with E-state index in [1.54, 1.807) is 0 Å². The molecule has 3 atom stereocenters. The summed E-state index contributed by atoms with van der Waals surface area (Å²) in [6.45, 7) is 1.85. The quantitative estimate of drug-likeness (QED) is 0.745. The number of ether oxygens (including phenoxy) is 2. The van der Waals surface area contributed by atoms with E-state index in [0.29, 0.717) is 12.2 Å². The summed E-state index contributed by atoms with van der Waals surface area (Å²) in [5.41, 5.74) is 6.08. The zero-order chi connectivity index (χ0) is 9.80. The van der Waals surface area contributed by atoms with Gasteiger partial charge in [-0.1, -0.05) is 0 Å². The lowest BCUT2D eigenvalue weighted by atomic mass is 10.0. The number of rotatable bonds is 4. The molecule has 0 aliphatic carbocycles. The van der Waals surface area contributed by atoms with E-state index in [-0.39, 0.29) is 6.04 Å². The minimum atomic E-state index is 0.224. The van der Waals surface area contributed by atoms with Crippen LogP contribution >= 0.6 is 0 Å². The lowest BCUT2D eigenvalue weighted by Gasteiger charge is -2.19. The van der Waals surface area contributed by atoms with Gasteiger partial charge in [-0.3, -0.25) is 0 Å². The van der Waals surface area contributed by atoms with Crippen molar-refractivity contribution in [3.63, 3.8) is 0 Å². The Balaban J connectivity index is 1.63. The average Bonchev–Trinajstić information content (AvgIpc) is 2.87. The molecule has 14 heavy (non-hydrogen) atoms. The zero-order valence-corrected chi connectivity index (χ0v) is 8.78. The van der Waals surface area contributed by atoms with Gasteiger partial charge in [0.2, 0.25) is 0 Å². The Hall–Kier alpha value is -0.120. The van der Waals surface area contributed by atoms with Crippen LogP contribution in [0, 0.1) is 0 Å². The summed E-state index contributed by atoms with van der Waals surface area (Å²) in [4.78, 5) is 0. The van der Waals surface area contributed by atoms with E-state index >= 15 is 0 Å². The van der Waals surface area contributed by atoms with Gasteiger partial charge in [0.25, 0.3) is 0 Å². The fraction of sp³-hybridized carbons (Fsp3) is 1.00. The maximum atomic E-state index is 6.08. The van der Waals surface area contributed by atoms with E-state index in [1.165, 1.54) is 19.3 Å². The highest BCUT2D eigenvalue weighted by molar-refractivity contribution is 4.79. The molecule has 3 unspecified atom stereocenters. The molecule has 82 valence electrons.